The Balaban J connectivity index is 1.86. The summed E-state index contributed by atoms with van der Waals surface area (Å²) in [6.45, 7) is 0. The highest BCUT2D eigenvalue weighted by Gasteiger charge is 2.25. The van der Waals surface area contributed by atoms with E-state index in [9.17, 15) is 8.42 Å². The van der Waals surface area contributed by atoms with Crippen molar-refractivity contribution in [3.63, 3.8) is 0 Å². The fraction of sp³-hybridized carbons (Fsp3) is 0.0769. The van der Waals surface area contributed by atoms with Crippen LogP contribution in [0.3, 0.4) is 0 Å². The van der Waals surface area contributed by atoms with E-state index >= 15 is 0 Å². The lowest BCUT2D eigenvalue weighted by molar-refractivity contribution is 0.452. The zero-order valence-electron chi connectivity index (χ0n) is 9.78. The molecule has 98 valence electrons. The first-order valence-corrected chi connectivity index (χ1v) is 7.85. The normalized spacial score (nSPS) is 14.2. The monoisotopic (exact) mass is 294 g/mol. The number of thiophene rings is 1. The van der Waals surface area contributed by atoms with Gasteiger partial charge < -0.3 is 8.92 Å². The largest absolute Gasteiger partial charge is 0.464 e. The van der Waals surface area contributed by atoms with Crippen molar-refractivity contribution in [3.05, 3.63) is 58.5 Å². The summed E-state index contributed by atoms with van der Waals surface area (Å²) in [6.07, 6.45) is 1.52. The second kappa shape index (κ2) is 4.71. The first-order chi connectivity index (χ1) is 9.15. The Morgan fingerprint density at radius 2 is 2.00 bits per heavy atom. The molecule has 1 aromatic heterocycles. The Morgan fingerprint density at radius 1 is 1.16 bits per heavy atom. The highest BCUT2D eigenvalue weighted by molar-refractivity contribution is 7.91. The van der Waals surface area contributed by atoms with Crippen LogP contribution in [-0.4, -0.2) is 8.42 Å². The van der Waals surface area contributed by atoms with E-state index < -0.39 is 10.1 Å². The zero-order valence-corrected chi connectivity index (χ0v) is 11.4. The fourth-order valence-electron chi connectivity index (χ4n) is 1.74. The average molecular weight is 294 g/mol. The SMILES string of the molecule is O=S(=O)(Oc1cccs1)C1=COc2ccccc2C1. The molecule has 0 bridgehead atoms. The van der Waals surface area contributed by atoms with Gasteiger partial charge in [-0.2, -0.15) is 8.42 Å². The maximum Gasteiger partial charge on any atom is 0.339 e. The van der Waals surface area contributed by atoms with Crippen LogP contribution in [0.15, 0.2) is 52.9 Å². The smallest absolute Gasteiger partial charge is 0.339 e. The fourth-order valence-corrected chi connectivity index (χ4v) is 3.49. The van der Waals surface area contributed by atoms with Gasteiger partial charge in [-0.25, -0.2) is 0 Å². The summed E-state index contributed by atoms with van der Waals surface area (Å²) in [5.74, 6) is 0.678. The third-order valence-corrected chi connectivity index (χ3v) is 4.79. The minimum absolute atomic E-state index is 0.125. The van der Waals surface area contributed by atoms with Gasteiger partial charge in [0.25, 0.3) is 0 Å². The highest BCUT2D eigenvalue weighted by atomic mass is 32.2. The number of benzene rings is 1. The predicted octanol–water partition coefficient (Wildman–Crippen LogP) is 2.93. The van der Waals surface area contributed by atoms with Crippen molar-refractivity contribution in [2.45, 2.75) is 6.42 Å². The van der Waals surface area contributed by atoms with Gasteiger partial charge in [0.1, 0.15) is 16.9 Å². The van der Waals surface area contributed by atoms with E-state index in [1.165, 1.54) is 17.6 Å². The van der Waals surface area contributed by atoms with Crippen LogP contribution in [0.2, 0.25) is 0 Å². The van der Waals surface area contributed by atoms with E-state index in [2.05, 4.69) is 0 Å². The third kappa shape index (κ3) is 2.50. The quantitative estimate of drug-likeness (QED) is 0.817. The number of fused-ring (bicyclic) bond motifs is 1. The summed E-state index contributed by atoms with van der Waals surface area (Å²) in [6, 6.07) is 10.7. The molecular formula is C13H10O4S2. The van der Waals surface area contributed by atoms with Crippen molar-refractivity contribution in [2.24, 2.45) is 0 Å². The van der Waals surface area contributed by atoms with Crippen molar-refractivity contribution in [1.82, 2.24) is 0 Å². The van der Waals surface area contributed by atoms with E-state index in [1.54, 1.807) is 23.6 Å². The number of allylic oxidation sites excluding steroid dienone is 1. The first-order valence-electron chi connectivity index (χ1n) is 5.57. The van der Waals surface area contributed by atoms with Crippen molar-refractivity contribution in [2.75, 3.05) is 0 Å². The maximum atomic E-state index is 12.1. The first kappa shape index (κ1) is 12.3. The van der Waals surface area contributed by atoms with Gasteiger partial charge in [-0.15, -0.1) is 11.3 Å². The molecule has 3 rings (SSSR count). The second-order valence-corrected chi connectivity index (χ2v) is 6.47. The van der Waals surface area contributed by atoms with Gasteiger partial charge in [0.05, 0.1) is 0 Å². The molecule has 0 spiro atoms. The molecule has 6 heteroatoms. The van der Waals surface area contributed by atoms with Crippen LogP contribution in [0.5, 0.6) is 10.8 Å². The Kier molecular flexibility index (Phi) is 3.04. The Hall–Kier alpha value is -1.79. The van der Waals surface area contributed by atoms with Crippen molar-refractivity contribution in [1.29, 1.82) is 0 Å². The Labute approximate surface area is 115 Å². The van der Waals surface area contributed by atoms with Crippen LogP contribution in [0.25, 0.3) is 0 Å². The summed E-state index contributed by atoms with van der Waals surface area (Å²) >= 11 is 1.23. The molecule has 0 unspecified atom stereocenters. The van der Waals surface area contributed by atoms with E-state index in [1.807, 2.05) is 18.2 Å². The number of hydrogen-bond donors (Lipinski definition) is 0. The molecule has 1 aliphatic rings. The van der Waals surface area contributed by atoms with Crippen LogP contribution in [-0.2, 0) is 16.5 Å². The molecule has 2 heterocycles. The molecule has 0 fully saturated rings. The van der Waals surface area contributed by atoms with Crippen LogP contribution in [0.4, 0.5) is 0 Å². The highest BCUT2D eigenvalue weighted by Crippen LogP contribution is 2.30. The van der Waals surface area contributed by atoms with E-state index in [4.69, 9.17) is 8.92 Å². The van der Waals surface area contributed by atoms with Gasteiger partial charge >= 0.3 is 10.1 Å². The van der Waals surface area contributed by atoms with Crippen LogP contribution < -0.4 is 8.92 Å². The van der Waals surface area contributed by atoms with Crippen LogP contribution in [0.1, 0.15) is 5.56 Å². The van der Waals surface area contributed by atoms with Crippen molar-refractivity contribution in [3.8, 4) is 10.8 Å². The third-order valence-electron chi connectivity index (χ3n) is 2.66. The standard InChI is InChI=1S/C13H10O4S2/c14-19(15,17-13-6-3-7-18-13)11-8-10-4-1-2-5-12(10)16-9-11/h1-7,9H,8H2. The van der Waals surface area contributed by atoms with Gasteiger partial charge in [-0.3, -0.25) is 0 Å². The maximum absolute atomic E-state index is 12.1. The lowest BCUT2D eigenvalue weighted by atomic mass is 10.1. The molecule has 0 radical (unpaired) electrons. The van der Waals surface area contributed by atoms with Gasteiger partial charge in [-0.05, 0) is 23.6 Å². The Bertz CT molecular complexity index is 715. The van der Waals surface area contributed by atoms with Crippen LogP contribution in [0, 0.1) is 0 Å². The molecule has 0 atom stereocenters. The number of hydrogen-bond acceptors (Lipinski definition) is 5. The van der Waals surface area contributed by atoms with Crippen molar-refractivity contribution < 1.29 is 17.3 Å². The molecule has 0 saturated carbocycles. The molecule has 0 N–H and O–H groups in total. The predicted molar refractivity (Wildman–Crippen MR) is 72.7 cm³/mol. The molecule has 19 heavy (non-hydrogen) atoms. The molecule has 0 aliphatic carbocycles. The van der Waals surface area contributed by atoms with Gasteiger partial charge in [0.2, 0.25) is 0 Å². The van der Waals surface area contributed by atoms with E-state index in [0.717, 1.165) is 5.56 Å². The summed E-state index contributed by atoms with van der Waals surface area (Å²) < 4.78 is 34.6. The number of rotatable bonds is 3. The second-order valence-electron chi connectivity index (χ2n) is 3.96. The summed E-state index contributed by atoms with van der Waals surface area (Å²) in [5, 5.41) is 2.10. The Morgan fingerprint density at radius 3 is 2.79 bits per heavy atom. The van der Waals surface area contributed by atoms with Gasteiger partial charge in [-0.1, -0.05) is 18.2 Å². The van der Waals surface area contributed by atoms with Gasteiger partial charge in [0, 0.05) is 12.0 Å². The summed E-state index contributed by atoms with van der Waals surface area (Å²) in [4.78, 5) is 0.125. The number of ether oxygens (including phenoxy) is 1. The van der Waals surface area contributed by atoms with E-state index in [-0.39, 0.29) is 11.3 Å². The molecule has 0 amide bonds. The minimum Gasteiger partial charge on any atom is -0.464 e. The van der Waals surface area contributed by atoms with Gasteiger partial charge in [0.15, 0.2) is 5.06 Å². The lowest BCUT2D eigenvalue weighted by Gasteiger charge is -2.16. The molecule has 1 aromatic carbocycles. The zero-order chi connectivity index (χ0) is 13.3. The molecule has 2 aromatic rings. The summed E-state index contributed by atoms with van der Waals surface area (Å²) in [5.41, 5.74) is 0.832. The molecule has 1 aliphatic heterocycles. The average Bonchev–Trinajstić information content (AvgIpc) is 2.90. The topological polar surface area (TPSA) is 52.6 Å². The molecular weight excluding hydrogens is 284 g/mol. The van der Waals surface area contributed by atoms with E-state index in [0.29, 0.717) is 10.8 Å². The lowest BCUT2D eigenvalue weighted by Crippen LogP contribution is -2.16. The molecule has 0 saturated heterocycles. The van der Waals surface area contributed by atoms with Crippen molar-refractivity contribution >= 4 is 21.5 Å². The van der Waals surface area contributed by atoms with Crippen LogP contribution >= 0.6 is 11.3 Å². The summed E-state index contributed by atoms with van der Waals surface area (Å²) in [7, 11) is -3.80. The number of para-hydroxylation sites is 1. The molecule has 4 nitrogen and oxygen atoms in total. The minimum atomic E-state index is -3.80.